The van der Waals surface area contributed by atoms with Gasteiger partial charge in [0.25, 0.3) is 0 Å². The van der Waals surface area contributed by atoms with Crippen LogP contribution in [-0.2, 0) is 12.1 Å². The fourth-order valence-electron chi connectivity index (χ4n) is 1.33. The summed E-state index contributed by atoms with van der Waals surface area (Å²) < 4.78 is 43.9. The first-order valence-electron chi connectivity index (χ1n) is 4.92. The van der Waals surface area contributed by atoms with Crippen LogP contribution in [0.1, 0.15) is 11.5 Å². The number of nitrogens with one attached hydrogen (secondary N) is 1. The third-order valence-electron chi connectivity index (χ3n) is 2.11. The second kappa shape index (κ2) is 5.38. The number of anilines is 2. The molecule has 0 fully saturated rings. The molecule has 0 bridgehead atoms. The Kier molecular flexibility index (Phi) is 4.00. The highest BCUT2D eigenvalue weighted by molar-refractivity contribution is 9.10. The molecule has 2 rings (SSSR count). The molecule has 0 aliphatic carbocycles. The second-order valence-corrected chi connectivity index (χ2v) is 4.63. The molecule has 0 spiro atoms. The number of halogens is 5. The van der Waals surface area contributed by atoms with Crippen LogP contribution in [0.25, 0.3) is 0 Å². The fourth-order valence-corrected chi connectivity index (χ4v) is 1.80. The molecule has 19 heavy (non-hydrogen) atoms. The number of alkyl halides is 4. The van der Waals surface area contributed by atoms with Crippen molar-refractivity contribution < 1.29 is 17.6 Å². The monoisotopic (exact) mass is 355 g/mol. The van der Waals surface area contributed by atoms with Crippen LogP contribution in [-0.4, -0.2) is 10.2 Å². The van der Waals surface area contributed by atoms with Crippen molar-refractivity contribution >= 4 is 39.2 Å². The molecule has 1 aromatic carbocycles. The zero-order chi connectivity index (χ0) is 14.0. The predicted molar refractivity (Wildman–Crippen MR) is 66.3 cm³/mol. The van der Waals surface area contributed by atoms with Crippen molar-refractivity contribution in [1.82, 2.24) is 10.2 Å². The first-order valence-corrected chi connectivity index (χ1v) is 6.25. The van der Waals surface area contributed by atoms with Gasteiger partial charge in [0.1, 0.15) is 5.88 Å². The molecule has 1 aromatic heterocycles. The van der Waals surface area contributed by atoms with Crippen molar-refractivity contribution in [2.45, 2.75) is 12.1 Å². The lowest BCUT2D eigenvalue weighted by Gasteiger charge is -2.12. The normalized spacial score (nSPS) is 11.6. The van der Waals surface area contributed by atoms with Crippen LogP contribution in [0.4, 0.5) is 24.9 Å². The van der Waals surface area contributed by atoms with Gasteiger partial charge in [-0.25, -0.2) is 0 Å². The summed E-state index contributed by atoms with van der Waals surface area (Å²) in [7, 11) is 0. The molecule has 0 amide bonds. The van der Waals surface area contributed by atoms with E-state index < -0.39 is 11.7 Å². The largest absolute Gasteiger partial charge is 0.418 e. The smallest absolute Gasteiger partial charge is 0.407 e. The quantitative estimate of drug-likeness (QED) is 0.832. The van der Waals surface area contributed by atoms with Crippen LogP contribution in [0.2, 0.25) is 0 Å². The molecule has 0 aliphatic rings. The summed E-state index contributed by atoms with van der Waals surface area (Å²) >= 11 is 8.45. The zero-order valence-corrected chi connectivity index (χ0v) is 11.5. The van der Waals surface area contributed by atoms with E-state index in [1.54, 1.807) is 0 Å². The molecule has 102 valence electrons. The summed E-state index contributed by atoms with van der Waals surface area (Å²) in [5.74, 6) is 0.107. The van der Waals surface area contributed by atoms with E-state index in [1.807, 2.05) is 0 Å². The maximum atomic E-state index is 12.9. The molecule has 9 heteroatoms. The van der Waals surface area contributed by atoms with Gasteiger partial charge in [-0.2, -0.15) is 13.2 Å². The van der Waals surface area contributed by atoms with E-state index in [-0.39, 0.29) is 23.5 Å². The number of hydrogen-bond acceptors (Lipinski definition) is 4. The van der Waals surface area contributed by atoms with Crippen molar-refractivity contribution in [3.63, 3.8) is 0 Å². The van der Waals surface area contributed by atoms with Crippen LogP contribution in [0.3, 0.4) is 0 Å². The number of nitrogens with zero attached hydrogens (tertiary/aromatic N) is 2. The Morgan fingerprint density at radius 3 is 2.63 bits per heavy atom. The van der Waals surface area contributed by atoms with Gasteiger partial charge in [0.2, 0.25) is 5.89 Å². The standard InChI is InChI=1S/C10H6BrClF3N3O/c11-5-1-2-7(6(3-5)10(13,14)15)16-9-18-17-8(4-12)19-9/h1-3H,4H2,(H,16,18). The van der Waals surface area contributed by atoms with E-state index in [4.69, 9.17) is 16.0 Å². The highest BCUT2D eigenvalue weighted by atomic mass is 79.9. The van der Waals surface area contributed by atoms with Crippen molar-refractivity contribution in [2.24, 2.45) is 0 Å². The Bertz CT molecular complexity index is 588. The van der Waals surface area contributed by atoms with E-state index in [0.717, 1.165) is 6.07 Å². The van der Waals surface area contributed by atoms with Gasteiger partial charge >= 0.3 is 12.2 Å². The first kappa shape index (κ1) is 14.1. The van der Waals surface area contributed by atoms with Crippen molar-refractivity contribution in [3.8, 4) is 0 Å². The van der Waals surface area contributed by atoms with Crippen molar-refractivity contribution in [3.05, 3.63) is 34.1 Å². The van der Waals surface area contributed by atoms with Gasteiger partial charge in [-0.05, 0) is 18.2 Å². The molecular weight excluding hydrogens is 350 g/mol. The number of aromatic nitrogens is 2. The van der Waals surface area contributed by atoms with Crippen LogP contribution in [0.5, 0.6) is 0 Å². The summed E-state index contributed by atoms with van der Waals surface area (Å²) in [4.78, 5) is 0. The molecule has 0 unspecified atom stereocenters. The summed E-state index contributed by atoms with van der Waals surface area (Å²) in [6.45, 7) is 0. The molecular formula is C10H6BrClF3N3O. The topological polar surface area (TPSA) is 51.0 Å². The second-order valence-electron chi connectivity index (χ2n) is 3.45. The third kappa shape index (κ3) is 3.38. The van der Waals surface area contributed by atoms with Gasteiger partial charge in [-0.15, -0.1) is 16.7 Å². The summed E-state index contributed by atoms with van der Waals surface area (Å²) in [6.07, 6.45) is -4.50. The Labute approximate surface area is 119 Å². The highest BCUT2D eigenvalue weighted by Crippen LogP contribution is 2.37. The SMILES string of the molecule is FC(F)(F)c1cc(Br)ccc1Nc1nnc(CCl)o1. The van der Waals surface area contributed by atoms with Crippen LogP contribution in [0, 0.1) is 0 Å². The first-order chi connectivity index (χ1) is 8.90. The van der Waals surface area contributed by atoms with Gasteiger partial charge in [-0.1, -0.05) is 21.0 Å². The lowest BCUT2D eigenvalue weighted by Crippen LogP contribution is -2.09. The predicted octanol–water partition coefficient (Wildman–Crippen LogP) is 4.33. The number of benzene rings is 1. The minimum Gasteiger partial charge on any atom is -0.407 e. The summed E-state index contributed by atoms with van der Waals surface area (Å²) in [6, 6.07) is 3.54. The fraction of sp³-hybridized carbons (Fsp3) is 0.200. The molecule has 0 aliphatic heterocycles. The van der Waals surface area contributed by atoms with E-state index >= 15 is 0 Å². The van der Waals surface area contributed by atoms with Gasteiger partial charge in [0.05, 0.1) is 11.3 Å². The molecule has 2 aromatic rings. The van der Waals surface area contributed by atoms with Gasteiger partial charge < -0.3 is 9.73 Å². The Balaban J connectivity index is 2.34. The lowest BCUT2D eigenvalue weighted by atomic mass is 10.1. The average molecular weight is 357 g/mol. The van der Waals surface area contributed by atoms with Crippen LogP contribution < -0.4 is 5.32 Å². The summed E-state index contributed by atoms with van der Waals surface area (Å²) in [5, 5.41) is 9.50. The molecule has 0 saturated carbocycles. The minimum atomic E-state index is -4.50. The molecule has 0 saturated heterocycles. The maximum Gasteiger partial charge on any atom is 0.418 e. The van der Waals surface area contributed by atoms with E-state index in [2.05, 4.69) is 31.4 Å². The van der Waals surface area contributed by atoms with Crippen LogP contribution in [0.15, 0.2) is 27.1 Å². The molecule has 1 heterocycles. The van der Waals surface area contributed by atoms with Gasteiger partial charge in [0.15, 0.2) is 0 Å². The van der Waals surface area contributed by atoms with Crippen molar-refractivity contribution in [2.75, 3.05) is 5.32 Å². The minimum absolute atomic E-state index is 0.0128. The molecule has 4 nitrogen and oxygen atoms in total. The third-order valence-corrected chi connectivity index (χ3v) is 2.83. The number of hydrogen-bond donors (Lipinski definition) is 1. The van der Waals surface area contributed by atoms with E-state index in [9.17, 15) is 13.2 Å². The summed E-state index contributed by atoms with van der Waals surface area (Å²) in [5.41, 5.74) is -1.02. The maximum absolute atomic E-state index is 12.9. The molecule has 0 atom stereocenters. The Hall–Kier alpha value is -1.28. The van der Waals surface area contributed by atoms with Gasteiger partial charge in [-0.3, -0.25) is 0 Å². The molecule has 0 radical (unpaired) electrons. The van der Waals surface area contributed by atoms with Crippen molar-refractivity contribution in [1.29, 1.82) is 0 Å². The van der Waals surface area contributed by atoms with E-state index in [1.165, 1.54) is 12.1 Å². The Morgan fingerprint density at radius 1 is 1.32 bits per heavy atom. The lowest BCUT2D eigenvalue weighted by molar-refractivity contribution is -0.137. The average Bonchev–Trinajstić information content (AvgIpc) is 2.78. The van der Waals surface area contributed by atoms with Crippen LogP contribution >= 0.6 is 27.5 Å². The number of rotatable bonds is 3. The van der Waals surface area contributed by atoms with Gasteiger partial charge in [0, 0.05) is 4.47 Å². The highest BCUT2D eigenvalue weighted by Gasteiger charge is 2.34. The Morgan fingerprint density at radius 2 is 2.05 bits per heavy atom. The van der Waals surface area contributed by atoms with E-state index in [0.29, 0.717) is 4.47 Å². The molecule has 1 N–H and O–H groups in total. The zero-order valence-electron chi connectivity index (χ0n) is 9.13.